The molecule has 0 aromatic rings. The van der Waals surface area contributed by atoms with Crippen molar-refractivity contribution in [1.29, 1.82) is 0 Å². The third-order valence-electron chi connectivity index (χ3n) is 5.43. The van der Waals surface area contributed by atoms with Crippen LogP contribution in [0.3, 0.4) is 0 Å². The van der Waals surface area contributed by atoms with E-state index in [0.717, 1.165) is 25.7 Å². The van der Waals surface area contributed by atoms with Gasteiger partial charge in [0.25, 0.3) is 0 Å². The zero-order chi connectivity index (χ0) is 14.9. The monoisotopic (exact) mass is 338 g/mol. The molecular weight excluding hydrogens is 310 g/mol. The summed E-state index contributed by atoms with van der Waals surface area (Å²) in [6.45, 7) is 9.08. The molecule has 3 unspecified atom stereocenters. The molecule has 1 saturated carbocycles. The Labute approximate surface area is 146 Å². The van der Waals surface area contributed by atoms with Gasteiger partial charge in [0.15, 0.2) is 0 Å². The molecule has 116 valence electrons. The first kappa shape index (κ1) is 18.9. The van der Waals surface area contributed by atoms with E-state index >= 15 is 0 Å². The van der Waals surface area contributed by atoms with Crippen LogP contribution in [0, 0.1) is 11.3 Å². The van der Waals surface area contributed by atoms with Gasteiger partial charge in [0.2, 0.25) is 0 Å². The van der Waals surface area contributed by atoms with Crippen LogP contribution in [0.4, 0.5) is 0 Å². The Morgan fingerprint density at radius 3 is 2.62 bits per heavy atom. The molecule has 0 aromatic heterocycles. The summed E-state index contributed by atoms with van der Waals surface area (Å²) in [4.78, 5) is 12.5. The molecule has 0 heterocycles. The number of hydrogen-bond acceptors (Lipinski definition) is 1. The van der Waals surface area contributed by atoms with Gasteiger partial charge >= 0.3 is 0 Å². The van der Waals surface area contributed by atoms with Crippen LogP contribution in [0.15, 0.2) is 23.3 Å². The standard InChI is InChI=1S/C17H29NOSi.Ti/c1-5-13-10-9-12(2)15(13)17(16(18)19)11-7-6-8-14(17)20(3)4;/h9-10,12,14,20H,5-8,11H2,1-4H3,(H2,18,19);/p-1. The third-order valence-corrected chi connectivity index (χ3v) is 7.94. The molecule has 3 atom stereocenters. The van der Waals surface area contributed by atoms with Crippen LogP contribution in [-0.2, 0) is 26.5 Å². The van der Waals surface area contributed by atoms with E-state index in [4.69, 9.17) is 5.73 Å². The molecule has 4 heteroatoms. The summed E-state index contributed by atoms with van der Waals surface area (Å²) in [5.41, 5.74) is 10.8. The molecule has 1 amide bonds. The van der Waals surface area contributed by atoms with Crippen LogP contribution in [0.5, 0.6) is 0 Å². The van der Waals surface area contributed by atoms with Crippen molar-refractivity contribution in [2.24, 2.45) is 11.3 Å². The first-order valence-electron chi connectivity index (χ1n) is 8.12. The van der Waals surface area contributed by atoms with Crippen molar-refractivity contribution in [3.05, 3.63) is 29.0 Å². The number of carbonyl (C=O) groups is 1. The van der Waals surface area contributed by atoms with E-state index in [-0.39, 0.29) is 27.6 Å². The maximum absolute atomic E-state index is 12.5. The number of allylic oxidation sites excluding steroid dienone is 3. The maximum atomic E-state index is 12.5. The van der Waals surface area contributed by atoms with Gasteiger partial charge in [0, 0.05) is 35.9 Å². The van der Waals surface area contributed by atoms with Gasteiger partial charge in [-0.1, -0.05) is 58.4 Å². The van der Waals surface area contributed by atoms with Gasteiger partial charge in [-0.3, -0.25) is 0 Å². The van der Waals surface area contributed by atoms with E-state index in [1.807, 2.05) is 0 Å². The van der Waals surface area contributed by atoms with Crippen molar-refractivity contribution in [3.63, 3.8) is 0 Å². The number of nitrogens with one attached hydrogen (secondary N) is 1. The smallest absolute Gasteiger partial charge is 0.0592 e. The van der Waals surface area contributed by atoms with E-state index in [0.29, 0.717) is 11.5 Å². The predicted octanol–water partition coefficient (Wildman–Crippen LogP) is 4.89. The summed E-state index contributed by atoms with van der Waals surface area (Å²) >= 11 is 0. The van der Waals surface area contributed by atoms with Crippen LogP contribution >= 0.6 is 0 Å². The normalized spacial score (nSPS) is 32.4. The molecule has 0 bridgehead atoms. The molecule has 2 rings (SSSR count). The molecule has 0 spiro atoms. The van der Waals surface area contributed by atoms with E-state index in [1.54, 1.807) is 0 Å². The minimum Gasteiger partial charge on any atom is -0.667 e. The fourth-order valence-electron chi connectivity index (χ4n) is 4.58. The van der Waals surface area contributed by atoms with Gasteiger partial charge in [-0.05, 0) is 35.4 Å². The largest absolute Gasteiger partial charge is 0.667 e. The van der Waals surface area contributed by atoms with Crippen LogP contribution in [0.2, 0.25) is 18.6 Å². The Balaban J connectivity index is 0.00000220. The van der Waals surface area contributed by atoms with Crippen molar-refractivity contribution in [1.82, 2.24) is 0 Å². The van der Waals surface area contributed by atoms with Crippen LogP contribution in [0.1, 0.15) is 46.0 Å². The Morgan fingerprint density at radius 2 is 2.10 bits per heavy atom. The molecule has 2 nitrogen and oxygen atoms in total. The van der Waals surface area contributed by atoms with Crippen LogP contribution in [-0.4, -0.2) is 14.7 Å². The average Bonchev–Trinajstić information content (AvgIpc) is 2.79. The van der Waals surface area contributed by atoms with Crippen molar-refractivity contribution < 1.29 is 26.5 Å². The van der Waals surface area contributed by atoms with E-state index in [9.17, 15) is 4.79 Å². The van der Waals surface area contributed by atoms with Gasteiger partial charge in [0.1, 0.15) is 0 Å². The predicted molar refractivity (Wildman–Crippen MR) is 88.5 cm³/mol. The number of hydrogen-bond donors (Lipinski definition) is 0. The molecular formula is C17H28NOSiTi-. The van der Waals surface area contributed by atoms with E-state index in [2.05, 4.69) is 39.1 Å². The molecule has 21 heavy (non-hydrogen) atoms. The van der Waals surface area contributed by atoms with Gasteiger partial charge in [-0.25, -0.2) is 0 Å². The SMILES string of the molecule is CCC1=C(C2(C([NH-])=O)CCCCC2[SiH](C)C)C(C)C=C1.[Ti]. The second-order valence-electron chi connectivity index (χ2n) is 6.84. The zero-order valence-electron chi connectivity index (χ0n) is 13.8. The molecule has 0 aliphatic heterocycles. The number of amides is 1. The van der Waals surface area contributed by atoms with Crippen molar-refractivity contribution in [2.45, 2.75) is 64.6 Å². The average molecular weight is 338 g/mol. The maximum Gasteiger partial charge on any atom is 0.0592 e. The second kappa shape index (κ2) is 7.43. The fraction of sp³-hybridized carbons (Fsp3) is 0.706. The van der Waals surface area contributed by atoms with Crippen molar-refractivity contribution in [3.8, 4) is 0 Å². The molecule has 1 N–H and O–H groups in total. The topological polar surface area (TPSA) is 40.9 Å². The first-order valence-corrected chi connectivity index (χ1v) is 11.1. The zero-order valence-corrected chi connectivity index (χ0v) is 16.5. The summed E-state index contributed by atoms with van der Waals surface area (Å²) in [5, 5.41) is 0. The third kappa shape index (κ3) is 3.16. The molecule has 0 aromatic carbocycles. The van der Waals surface area contributed by atoms with E-state index in [1.165, 1.54) is 17.6 Å². The number of rotatable bonds is 4. The van der Waals surface area contributed by atoms with Gasteiger partial charge in [-0.15, -0.1) is 0 Å². The molecule has 2 aliphatic carbocycles. The Morgan fingerprint density at radius 1 is 1.43 bits per heavy atom. The Bertz CT molecular complexity index is 458. The Hall–Kier alpha value is -0.119. The van der Waals surface area contributed by atoms with Gasteiger partial charge < -0.3 is 10.5 Å². The minimum absolute atomic E-state index is 0. The summed E-state index contributed by atoms with van der Waals surface area (Å²) in [6, 6.07) is 0. The van der Waals surface area contributed by atoms with Gasteiger partial charge in [-0.2, -0.15) is 0 Å². The summed E-state index contributed by atoms with van der Waals surface area (Å²) in [5.74, 6) is 0.0347. The number of carbonyl (C=O) groups excluding carboxylic acids is 1. The minimum atomic E-state index is -0.958. The van der Waals surface area contributed by atoms with Crippen molar-refractivity contribution in [2.75, 3.05) is 0 Å². The molecule has 0 saturated heterocycles. The quantitative estimate of drug-likeness (QED) is 0.673. The van der Waals surface area contributed by atoms with E-state index < -0.39 is 14.2 Å². The van der Waals surface area contributed by atoms with Crippen LogP contribution in [0.25, 0.3) is 5.73 Å². The summed E-state index contributed by atoms with van der Waals surface area (Å²) < 4.78 is 0. The molecule has 1 fully saturated rings. The van der Waals surface area contributed by atoms with Gasteiger partial charge in [0.05, 0.1) is 5.91 Å². The fourth-order valence-corrected chi connectivity index (χ4v) is 7.12. The Kier molecular flexibility index (Phi) is 6.70. The van der Waals surface area contributed by atoms with Crippen LogP contribution < -0.4 is 0 Å². The molecule has 0 radical (unpaired) electrons. The molecule has 2 aliphatic rings. The van der Waals surface area contributed by atoms with Crippen molar-refractivity contribution >= 4 is 14.7 Å². The first-order chi connectivity index (χ1) is 9.45. The summed E-state index contributed by atoms with van der Waals surface area (Å²) in [7, 11) is -0.958. The summed E-state index contributed by atoms with van der Waals surface area (Å²) in [6.07, 6.45) is 9.83. The second-order valence-corrected chi connectivity index (χ2v) is 10.1.